The van der Waals surface area contributed by atoms with Crippen LogP contribution in [0, 0.1) is 0 Å². The van der Waals surface area contributed by atoms with Crippen LogP contribution in [0.1, 0.15) is 42.5 Å². The smallest absolute Gasteiger partial charge is 0.329 e. The number of carbonyl (C=O) groups excluding carboxylic acids is 1. The predicted molar refractivity (Wildman–Crippen MR) is 69.0 cm³/mol. The van der Waals surface area contributed by atoms with E-state index in [4.69, 9.17) is 0 Å². The molecular weight excluding hydrogens is 246 g/mol. The van der Waals surface area contributed by atoms with Crippen LogP contribution >= 0.6 is 0 Å². The lowest BCUT2D eigenvalue weighted by Crippen LogP contribution is -2.55. The second-order valence-corrected chi connectivity index (χ2v) is 4.95. The zero-order chi connectivity index (χ0) is 13.9. The van der Waals surface area contributed by atoms with E-state index in [1.54, 1.807) is 12.1 Å². The van der Waals surface area contributed by atoms with Gasteiger partial charge in [0.2, 0.25) is 0 Å². The van der Waals surface area contributed by atoms with Gasteiger partial charge in [0.25, 0.3) is 5.91 Å². The van der Waals surface area contributed by atoms with E-state index in [9.17, 15) is 19.8 Å². The van der Waals surface area contributed by atoms with Crippen molar-refractivity contribution in [3.63, 3.8) is 0 Å². The fraction of sp³-hybridized carbons (Fsp3) is 0.429. The van der Waals surface area contributed by atoms with Crippen LogP contribution in [0.5, 0.6) is 5.75 Å². The first-order chi connectivity index (χ1) is 9.03. The van der Waals surface area contributed by atoms with Crippen molar-refractivity contribution in [1.82, 2.24) is 5.32 Å². The molecule has 1 amide bonds. The molecule has 5 heteroatoms. The maximum absolute atomic E-state index is 12.1. The Hall–Kier alpha value is -2.04. The number of carbonyl (C=O) groups is 2. The Balaban J connectivity index is 2.18. The van der Waals surface area contributed by atoms with Gasteiger partial charge in [0, 0.05) is 5.56 Å². The Kier molecular flexibility index (Phi) is 3.74. The first-order valence-corrected chi connectivity index (χ1v) is 6.38. The van der Waals surface area contributed by atoms with E-state index < -0.39 is 17.4 Å². The first kappa shape index (κ1) is 13.4. The fourth-order valence-corrected chi connectivity index (χ4v) is 2.48. The largest absolute Gasteiger partial charge is 0.508 e. The topological polar surface area (TPSA) is 86.6 Å². The maximum Gasteiger partial charge on any atom is 0.329 e. The number of hydrogen-bond acceptors (Lipinski definition) is 3. The molecule has 0 unspecified atom stereocenters. The summed E-state index contributed by atoms with van der Waals surface area (Å²) in [6.45, 7) is 0. The molecule has 0 radical (unpaired) electrons. The summed E-state index contributed by atoms with van der Waals surface area (Å²) >= 11 is 0. The Labute approximate surface area is 111 Å². The van der Waals surface area contributed by atoms with Gasteiger partial charge in [-0.3, -0.25) is 4.79 Å². The van der Waals surface area contributed by atoms with Crippen LogP contribution < -0.4 is 5.32 Å². The van der Waals surface area contributed by atoms with Crippen molar-refractivity contribution in [2.45, 2.75) is 37.6 Å². The Morgan fingerprint density at radius 3 is 2.42 bits per heavy atom. The molecule has 0 heterocycles. The molecule has 1 fully saturated rings. The van der Waals surface area contributed by atoms with Gasteiger partial charge in [-0.1, -0.05) is 25.3 Å². The van der Waals surface area contributed by atoms with Gasteiger partial charge in [0.15, 0.2) is 0 Å². The summed E-state index contributed by atoms with van der Waals surface area (Å²) in [6.07, 6.45) is 3.50. The van der Waals surface area contributed by atoms with Crippen molar-refractivity contribution in [2.75, 3.05) is 0 Å². The third-order valence-electron chi connectivity index (χ3n) is 3.58. The van der Waals surface area contributed by atoms with Crippen molar-refractivity contribution in [2.24, 2.45) is 0 Å². The lowest BCUT2D eigenvalue weighted by atomic mass is 9.81. The number of rotatable bonds is 3. The molecule has 0 atom stereocenters. The highest BCUT2D eigenvalue weighted by Gasteiger charge is 2.41. The molecule has 1 aromatic carbocycles. The molecule has 3 N–H and O–H groups in total. The number of benzene rings is 1. The van der Waals surface area contributed by atoms with Crippen LogP contribution in [0.15, 0.2) is 24.3 Å². The van der Waals surface area contributed by atoms with Crippen LogP contribution in [0.2, 0.25) is 0 Å². The fourth-order valence-electron chi connectivity index (χ4n) is 2.48. The molecule has 102 valence electrons. The van der Waals surface area contributed by atoms with Crippen molar-refractivity contribution in [3.05, 3.63) is 29.8 Å². The summed E-state index contributed by atoms with van der Waals surface area (Å²) in [4.78, 5) is 23.5. The highest BCUT2D eigenvalue weighted by atomic mass is 16.4. The van der Waals surface area contributed by atoms with Crippen LogP contribution in [0.3, 0.4) is 0 Å². The number of phenols is 1. The molecule has 0 aromatic heterocycles. The van der Waals surface area contributed by atoms with Gasteiger partial charge in [-0.2, -0.15) is 0 Å². The zero-order valence-corrected chi connectivity index (χ0v) is 10.6. The summed E-state index contributed by atoms with van der Waals surface area (Å²) in [5, 5.41) is 21.3. The number of carboxylic acids is 1. The lowest BCUT2D eigenvalue weighted by molar-refractivity contribution is -0.145. The summed E-state index contributed by atoms with van der Waals surface area (Å²) < 4.78 is 0. The molecule has 5 nitrogen and oxygen atoms in total. The van der Waals surface area contributed by atoms with E-state index in [-0.39, 0.29) is 11.3 Å². The van der Waals surface area contributed by atoms with E-state index >= 15 is 0 Å². The molecule has 1 aliphatic rings. The Morgan fingerprint density at radius 2 is 1.84 bits per heavy atom. The maximum atomic E-state index is 12.1. The van der Waals surface area contributed by atoms with Crippen molar-refractivity contribution >= 4 is 11.9 Å². The van der Waals surface area contributed by atoms with Gasteiger partial charge >= 0.3 is 5.97 Å². The number of nitrogens with one attached hydrogen (secondary N) is 1. The van der Waals surface area contributed by atoms with Crippen LogP contribution in [-0.4, -0.2) is 27.6 Å². The van der Waals surface area contributed by atoms with Gasteiger partial charge in [-0.05, 0) is 31.0 Å². The standard InChI is InChI=1S/C14H17NO4/c16-11-6-4-5-10(9-11)12(17)15-14(13(18)19)7-2-1-3-8-14/h4-6,9,16H,1-3,7-8H2,(H,15,17)(H,18,19). The summed E-state index contributed by atoms with van der Waals surface area (Å²) in [7, 11) is 0. The van der Waals surface area contributed by atoms with Gasteiger partial charge in [-0.15, -0.1) is 0 Å². The summed E-state index contributed by atoms with van der Waals surface area (Å²) in [6, 6.07) is 5.89. The molecule has 1 aliphatic carbocycles. The zero-order valence-electron chi connectivity index (χ0n) is 10.6. The summed E-state index contributed by atoms with van der Waals surface area (Å²) in [5.41, 5.74) is -0.896. The monoisotopic (exact) mass is 263 g/mol. The minimum Gasteiger partial charge on any atom is -0.508 e. The quantitative estimate of drug-likeness (QED) is 0.777. The SMILES string of the molecule is O=C(NC1(C(=O)O)CCCCC1)c1cccc(O)c1. The van der Waals surface area contributed by atoms with Gasteiger partial charge < -0.3 is 15.5 Å². The molecule has 0 saturated heterocycles. The minimum absolute atomic E-state index is 0.0133. The molecule has 0 spiro atoms. The Bertz CT molecular complexity index is 492. The van der Waals surface area contributed by atoms with Crippen LogP contribution in [0.25, 0.3) is 0 Å². The second-order valence-electron chi connectivity index (χ2n) is 4.95. The van der Waals surface area contributed by atoms with Crippen molar-refractivity contribution in [1.29, 1.82) is 0 Å². The second kappa shape index (κ2) is 5.30. The van der Waals surface area contributed by atoms with E-state index in [2.05, 4.69) is 5.32 Å². The minimum atomic E-state index is -1.17. The molecule has 19 heavy (non-hydrogen) atoms. The van der Waals surface area contributed by atoms with E-state index in [1.165, 1.54) is 12.1 Å². The molecule has 2 rings (SSSR count). The third kappa shape index (κ3) is 2.86. The lowest BCUT2D eigenvalue weighted by Gasteiger charge is -2.33. The number of carboxylic acid groups (broad SMARTS) is 1. The number of aliphatic carboxylic acids is 1. The molecule has 1 saturated carbocycles. The highest BCUT2D eigenvalue weighted by molar-refractivity contribution is 5.98. The van der Waals surface area contributed by atoms with E-state index in [0.717, 1.165) is 19.3 Å². The van der Waals surface area contributed by atoms with E-state index in [1.807, 2.05) is 0 Å². The molecule has 0 aliphatic heterocycles. The highest BCUT2D eigenvalue weighted by Crippen LogP contribution is 2.29. The first-order valence-electron chi connectivity index (χ1n) is 6.38. The number of amides is 1. The third-order valence-corrected chi connectivity index (χ3v) is 3.58. The molecule has 0 bridgehead atoms. The normalized spacial score (nSPS) is 17.7. The van der Waals surface area contributed by atoms with E-state index in [0.29, 0.717) is 12.8 Å². The number of hydrogen-bond donors (Lipinski definition) is 3. The van der Waals surface area contributed by atoms with Crippen LogP contribution in [0.4, 0.5) is 0 Å². The van der Waals surface area contributed by atoms with Crippen molar-refractivity contribution < 1.29 is 19.8 Å². The number of phenolic OH excluding ortho intramolecular Hbond substituents is 1. The number of aromatic hydroxyl groups is 1. The Morgan fingerprint density at radius 1 is 1.16 bits per heavy atom. The average molecular weight is 263 g/mol. The molecular formula is C14H17NO4. The van der Waals surface area contributed by atoms with Gasteiger partial charge in [0.05, 0.1) is 0 Å². The average Bonchev–Trinajstić information content (AvgIpc) is 2.39. The predicted octanol–water partition coefficient (Wildman–Crippen LogP) is 1.91. The van der Waals surface area contributed by atoms with Gasteiger partial charge in [0.1, 0.15) is 11.3 Å². The van der Waals surface area contributed by atoms with Gasteiger partial charge in [-0.25, -0.2) is 4.79 Å². The van der Waals surface area contributed by atoms with Crippen molar-refractivity contribution in [3.8, 4) is 5.75 Å². The molecule has 1 aromatic rings. The van der Waals surface area contributed by atoms with Crippen LogP contribution in [-0.2, 0) is 4.79 Å². The summed E-state index contributed by atoms with van der Waals surface area (Å²) in [5.74, 6) is -1.46.